The van der Waals surface area contributed by atoms with Crippen LogP contribution in [-0.2, 0) is 14.2 Å². The molecule has 18 heavy (non-hydrogen) atoms. The van der Waals surface area contributed by atoms with Crippen molar-refractivity contribution >= 4 is 6.09 Å². The molecule has 6 heteroatoms. The summed E-state index contributed by atoms with van der Waals surface area (Å²) in [4.78, 5) is 13.5. The van der Waals surface area contributed by atoms with Gasteiger partial charge in [-0.15, -0.1) is 0 Å². The van der Waals surface area contributed by atoms with E-state index in [0.29, 0.717) is 19.8 Å². The standard InChI is InChI=1S/C12H22FNO4/c1-9(13)17-8-10-7-16-6-5-14(10)11(15)18-12(2,3)4/h9-10H,5-8H2,1-4H3/t9?,10-/m1/s1. The van der Waals surface area contributed by atoms with Crippen LogP contribution in [0.5, 0.6) is 0 Å². The minimum absolute atomic E-state index is 0.108. The highest BCUT2D eigenvalue weighted by molar-refractivity contribution is 5.68. The number of alkyl halides is 1. The molecule has 1 heterocycles. The monoisotopic (exact) mass is 263 g/mol. The number of nitrogens with zero attached hydrogens (tertiary/aromatic N) is 1. The lowest BCUT2D eigenvalue weighted by molar-refractivity contribution is -0.0884. The number of halogens is 1. The molecule has 1 rings (SSSR count). The predicted molar refractivity (Wildman–Crippen MR) is 64.1 cm³/mol. The number of rotatable bonds is 3. The van der Waals surface area contributed by atoms with Crippen molar-refractivity contribution in [2.24, 2.45) is 0 Å². The first-order valence-corrected chi connectivity index (χ1v) is 6.12. The Bertz CT molecular complexity index is 278. The molecule has 0 aromatic carbocycles. The van der Waals surface area contributed by atoms with Gasteiger partial charge in [0.1, 0.15) is 5.60 Å². The number of hydrogen-bond donors (Lipinski definition) is 0. The molecular weight excluding hydrogens is 241 g/mol. The molecule has 0 N–H and O–H groups in total. The third-order valence-corrected chi connectivity index (χ3v) is 2.37. The van der Waals surface area contributed by atoms with Crippen molar-refractivity contribution in [1.29, 1.82) is 0 Å². The molecule has 1 fully saturated rings. The van der Waals surface area contributed by atoms with Crippen molar-refractivity contribution in [2.75, 3.05) is 26.4 Å². The Balaban J connectivity index is 2.55. The maximum Gasteiger partial charge on any atom is 0.410 e. The minimum atomic E-state index is -1.35. The molecule has 0 aliphatic carbocycles. The van der Waals surface area contributed by atoms with Crippen molar-refractivity contribution in [2.45, 2.75) is 45.7 Å². The van der Waals surface area contributed by atoms with E-state index in [4.69, 9.17) is 14.2 Å². The topological polar surface area (TPSA) is 48.0 Å². The average Bonchev–Trinajstić information content (AvgIpc) is 2.24. The lowest BCUT2D eigenvalue weighted by Crippen LogP contribution is -2.52. The molecule has 1 saturated heterocycles. The smallest absolute Gasteiger partial charge is 0.410 e. The summed E-state index contributed by atoms with van der Waals surface area (Å²) in [5, 5.41) is 0. The van der Waals surface area contributed by atoms with Gasteiger partial charge in [0, 0.05) is 6.54 Å². The summed E-state index contributed by atoms with van der Waals surface area (Å²) in [6.07, 6.45) is -1.77. The summed E-state index contributed by atoms with van der Waals surface area (Å²) in [7, 11) is 0. The predicted octanol–water partition coefficient (Wildman–Crippen LogP) is 1.95. The van der Waals surface area contributed by atoms with Crippen molar-refractivity contribution in [3.8, 4) is 0 Å². The fourth-order valence-corrected chi connectivity index (χ4v) is 1.60. The molecule has 0 aromatic heterocycles. The van der Waals surface area contributed by atoms with Gasteiger partial charge < -0.3 is 14.2 Å². The van der Waals surface area contributed by atoms with Crippen LogP contribution in [0.15, 0.2) is 0 Å². The van der Waals surface area contributed by atoms with E-state index < -0.39 is 18.1 Å². The molecular formula is C12H22FNO4. The van der Waals surface area contributed by atoms with Crippen LogP contribution in [-0.4, -0.2) is 55.4 Å². The van der Waals surface area contributed by atoms with Crippen molar-refractivity contribution < 1.29 is 23.4 Å². The molecule has 106 valence electrons. The molecule has 0 aromatic rings. The van der Waals surface area contributed by atoms with Crippen molar-refractivity contribution in [3.63, 3.8) is 0 Å². The summed E-state index contributed by atoms with van der Waals surface area (Å²) in [6, 6.07) is -0.299. The number of ether oxygens (including phenoxy) is 3. The third kappa shape index (κ3) is 5.18. The molecule has 0 bridgehead atoms. The largest absolute Gasteiger partial charge is 0.444 e. The van der Waals surface area contributed by atoms with E-state index in [2.05, 4.69) is 0 Å². The van der Waals surface area contributed by atoms with Gasteiger partial charge in [0.25, 0.3) is 0 Å². The molecule has 0 saturated carbocycles. The second-order valence-electron chi connectivity index (χ2n) is 5.28. The van der Waals surface area contributed by atoms with E-state index in [1.165, 1.54) is 11.8 Å². The van der Waals surface area contributed by atoms with E-state index in [1.807, 2.05) is 0 Å². The SMILES string of the molecule is CC(F)OC[C@H]1COCCN1C(=O)OC(C)(C)C. The zero-order chi connectivity index (χ0) is 13.8. The van der Waals surface area contributed by atoms with Gasteiger partial charge in [0.2, 0.25) is 0 Å². The quantitative estimate of drug-likeness (QED) is 0.781. The molecule has 1 amide bonds. The van der Waals surface area contributed by atoms with Gasteiger partial charge in [0.05, 0.1) is 25.9 Å². The summed E-state index contributed by atoms with van der Waals surface area (Å²) < 4.78 is 28.1. The van der Waals surface area contributed by atoms with Gasteiger partial charge in [0.15, 0.2) is 6.36 Å². The Hall–Kier alpha value is -0.880. The van der Waals surface area contributed by atoms with Gasteiger partial charge in [-0.3, -0.25) is 4.90 Å². The van der Waals surface area contributed by atoms with E-state index in [9.17, 15) is 9.18 Å². The second-order valence-corrected chi connectivity index (χ2v) is 5.28. The third-order valence-electron chi connectivity index (χ3n) is 2.37. The molecule has 1 unspecified atom stereocenters. The van der Waals surface area contributed by atoms with Gasteiger partial charge in [-0.2, -0.15) is 0 Å². The Morgan fingerprint density at radius 3 is 2.78 bits per heavy atom. The second kappa shape index (κ2) is 6.33. The van der Waals surface area contributed by atoms with Gasteiger partial charge in [-0.25, -0.2) is 9.18 Å². The van der Waals surface area contributed by atoms with Crippen LogP contribution < -0.4 is 0 Å². The normalized spacial score (nSPS) is 22.7. The molecule has 5 nitrogen and oxygen atoms in total. The van der Waals surface area contributed by atoms with E-state index in [-0.39, 0.29) is 12.6 Å². The lowest BCUT2D eigenvalue weighted by atomic mass is 10.2. The maximum atomic E-state index is 12.7. The highest BCUT2D eigenvalue weighted by Gasteiger charge is 2.31. The lowest BCUT2D eigenvalue weighted by Gasteiger charge is -2.36. The first-order chi connectivity index (χ1) is 8.29. The Morgan fingerprint density at radius 2 is 2.22 bits per heavy atom. The molecule has 1 aliphatic heterocycles. The van der Waals surface area contributed by atoms with Crippen molar-refractivity contribution in [1.82, 2.24) is 4.90 Å². The van der Waals surface area contributed by atoms with Crippen LogP contribution in [0, 0.1) is 0 Å². The maximum absolute atomic E-state index is 12.7. The summed E-state index contributed by atoms with van der Waals surface area (Å²) in [5.41, 5.74) is -0.547. The van der Waals surface area contributed by atoms with Crippen LogP contribution in [0.2, 0.25) is 0 Å². The summed E-state index contributed by atoms with van der Waals surface area (Å²) in [5.74, 6) is 0. The Kier molecular flexibility index (Phi) is 5.34. The average molecular weight is 263 g/mol. The summed E-state index contributed by atoms with van der Waals surface area (Å²) >= 11 is 0. The van der Waals surface area contributed by atoms with Gasteiger partial charge >= 0.3 is 6.09 Å². The number of carbonyl (C=O) groups is 1. The molecule has 2 atom stereocenters. The highest BCUT2D eigenvalue weighted by atomic mass is 19.1. The van der Waals surface area contributed by atoms with E-state index in [1.54, 1.807) is 20.8 Å². The molecule has 0 radical (unpaired) electrons. The van der Waals surface area contributed by atoms with Crippen LogP contribution >= 0.6 is 0 Å². The molecule has 1 aliphatic rings. The zero-order valence-corrected chi connectivity index (χ0v) is 11.4. The number of morpholine rings is 1. The first-order valence-electron chi connectivity index (χ1n) is 6.12. The van der Waals surface area contributed by atoms with Crippen LogP contribution in [0.4, 0.5) is 9.18 Å². The summed E-state index contributed by atoms with van der Waals surface area (Å²) in [6.45, 7) is 8.07. The first kappa shape index (κ1) is 15.2. The number of carbonyl (C=O) groups excluding carboxylic acids is 1. The Labute approximate surface area is 107 Å². The van der Waals surface area contributed by atoms with Gasteiger partial charge in [-0.1, -0.05) is 0 Å². The van der Waals surface area contributed by atoms with E-state index >= 15 is 0 Å². The Morgan fingerprint density at radius 1 is 1.56 bits per heavy atom. The number of hydrogen-bond acceptors (Lipinski definition) is 4. The molecule has 0 spiro atoms. The van der Waals surface area contributed by atoms with Gasteiger partial charge in [-0.05, 0) is 27.7 Å². The van der Waals surface area contributed by atoms with E-state index in [0.717, 1.165) is 0 Å². The minimum Gasteiger partial charge on any atom is -0.444 e. The fraction of sp³-hybridized carbons (Fsp3) is 0.917. The highest BCUT2D eigenvalue weighted by Crippen LogP contribution is 2.15. The van der Waals surface area contributed by atoms with Crippen molar-refractivity contribution in [3.05, 3.63) is 0 Å². The number of amides is 1. The van der Waals surface area contributed by atoms with Crippen LogP contribution in [0.1, 0.15) is 27.7 Å². The fourth-order valence-electron chi connectivity index (χ4n) is 1.60. The van der Waals surface area contributed by atoms with Crippen LogP contribution in [0.25, 0.3) is 0 Å². The zero-order valence-electron chi connectivity index (χ0n) is 11.4. The van der Waals surface area contributed by atoms with Crippen LogP contribution in [0.3, 0.4) is 0 Å².